The van der Waals surface area contributed by atoms with E-state index in [1.807, 2.05) is 0 Å². The Morgan fingerprint density at radius 3 is 1.11 bits per heavy atom. The van der Waals surface area contributed by atoms with Crippen LogP contribution in [0.25, 0.3) is 11.1 Å². The molecule has 0 fully saturated rings. The van der Waals surface area contributed by atoms with Crippen LogP contribution >= 0.6 is 0 Å². The van der Waals surface area contributed by atoms with E-state index in [2.05, 4.69) is 209 Å². The van der Waals surface area contributed by atoms with Crippen LogP contribution in [0.1, 0.15) is 143 Å². The minimum atomic E-state index is -0.574. The van der Waals surface area contributed by atoms with Gasteiger partial charge in [0.1, 0.15) is 0 Å². The van der Waals surface area contributed by atoms with Crippen LogP contribution in [-0.2, 0) is 43.9 Å². The first-order valence-corrected chi connectivity index (χ1v) is 27.2. The molecule has 0 bridgehead atoms. The maximum Gasteiger partial charge on any atom is 0.0715 e. The van der Waals surface area contributed by atoms with Gasteiger partial charge in [-0.05, 0) is 217 Å². The van der Waals surface area contributed by atoms with Gasteiger partial charge in [-0.25, -0.2) is 0 Å². The van der Waals surface area contributed by atoms with Crippen molar-refractivity contribution in [3.63, 3.8) is 0 Å². The molecule has 0 saturated heterocycles. The molecule has 2 nitrogen and oxygen atoms in total. The van der Waals surface area contributed by atoms with Crippen LogP contribution in [0, 0.1) is 27.7 Å². The molecular weight excluding hydrogens is 857 g/mol. The van der Waals surface area contributed by atoms with E-state index in [-0.39, 0.29) is 0 Å². The highest BCUT2D eigenvalue weighted by Crippen LogP contribution is 2.59. The molecule has 358 valence electrons. The summed E-state index contributed by atoms with van der Waals surface area (Å²) in [6, 6.07) is 62.0. The zero-order valence-electron chi connectivity index (χ0n) is 43.3. The van der Waals surface area contributed by atoms with E-state index in [4.69, 9.17) is 0 Å². The Morgan fingerprint density at radius 2 is 0.761 bits per heavy atom. The van der Waals surface area contributed by atoms with Gasteiger partial charge in [-0.15, -0.1) is 0 Å². The monoisotopic (exact) mass is 929 g/mol. The molecule has 0 amide bonds. The maximum absolute atomic E-state index is 2.58. The molecule has 0 N–H and O–H groups in total. The SMILES string of the molecule is CCCCCCc1cc(C)c(N(c2ccccc2)c2ccc3c(c2)C(c2ccc4c(c2)CC4)(c2ccc4c(c2)CC4)c2cc(N(c4ccccc4)c4c(C)cc(CCCCCC)cc4C)ccc2-3)c(C)c1. The van der Waals surface area contributed by atoms with Gasteiger partial charge in [0.25, 0.3) is 0 Å². The van der Waals surface area contributed by atoms with Gasteiger partial charge >= 0.3 is 0 Å². The van der Waals surface area contributed by atoms with Crippen molar-refractivity contribution in [2.45, 2.75) is 137 Å². The van der Waals surface area contributed by atoms with Crippen molar-refractivity contribution in [1.82, 2.24) is 0 Å². The molecule has 71 heavy (non-hydrogen) atoms. The Balaban J connectivity index is 1.13. The van der Waals surface area contributed by atoms with Crippen LogP contribution in [0.15, 0.2) is 158 Å². The van der Waals surface area contributed by atoms with Crippen molar-refractivity contribution in [3.05, 3.63) is 236 Å². The predicted octanol–water partition coefficient (Wildman–Crippen LogP) is 18.7. The fourth-order valence-electron chi connectivity index (χ4n) is 12.8. The van der Waals surface area contributed by atoms with E-state index >= 15 is 0 Å². The number of nitrogens with zero attached hydrogens (tertiary/aromatic N) is 2. The van der Waals surface area contributed by atoms with E-state index < -0.39 is 5.41 Å². The Hall–Kier alpha value is -6.64. The molecule has 0 unspecified atom stereocenters. The summed E-state index contributed by atoms with van der Waals surface area (Å²) in [5.41, 5.74) is 28.9. The Bertz CT molecular complexity index is 2970. The lowest BCUT2D eigenvalue weighted by Crippen LogP contribution is -2.31. The van der Waals surface area contributed by atoms with Crippen molar-refractivity contribution < 1.29 is 0 Å². The third kappa shape index (κ3) is 8.52. The number of aryl methyl sites for hydroxylation is 10. The van der Waals surface area contributed by atoms with Crippen molar-refractivity contribution in [2.24, 2.45) is 0 Å². The first-order valence-electron chi connectivity index (χ1n) is 27.2. The molecule has 8 aromatic rings. The highest BCUT2D eigenvalue weighted by molar-refractivity contribution is 5.93. The minimum Gasteiger partial charge on any atom is -0.310 e. The molecule has 0 radical (unpaired) electrons. The summed E-state index contributed by atoms with van der Waals surface area (Å²) >= 11 is 0. The summed E-state index contributed by atoms with van der Waals surface area (Å²) in [5.74, 6) is 0. The van der Waals surface area contributed by atoms with Crippen LogP contribution in [0.5, 0.6) is 0 Å². The topological polar surface area (TPSA) is 6.48 Å². The highest BCUT2D eigenvalue weighted by atomic mass is 15.2. The van der Waals surface area contributed by atoms with Crippen LogP contribution < -0.4 is 9.80 Å². The van der Waals surface area contributed by atoms with Gasteiger partial charge in [0, 0.05) is 22.7 Å². The number of benzene rings is 8. The van der Waals surface area contributed by atoms with E-state index in [9.17, 15) is 0 Å². The van der Waals surface area contributed by atoms with Gasteiger partial charge in [0.2, 0.25) is 0 Å². The number of fused-ring (bicyclic) bond motifs is 5. The van der Waals surface area contributed by atoms with Gasteiger partial charge in [-0.3, -0.25) is 0 Å². The Labute approximate surface area is 425 Å². The summed E-state index contributed by atoms with van der Waals surface area (Å²) in [6.07, 6.45) is 17.0. The number of hydrogen-bond acceptors (Lipinski definition) is 2. The fraction of sp³-hybridized carbons (Fsp3) is 0.304. The molecule has 0 aromatic heterocycles. The lowest BCUT2D eigenvalue weighted by atomic mass is 9.65. The summed E-state index contributed by atoms with van der Waals surface area (Å²) in [5, 5.41) is 0. The average molecular weight is 929 g/mol. The molecule has 0 atom stereocenters. The van der Waals surface area contributed by atoms with Gasteiger partial charge in [-0.2, -0.15) is 0 Å². The molecule has 0 heterocycles. The van der Waals surface area contributed by atoms with Crippen molar-refractivity contribution in [3.8, 4) is 11.1 Å². The van der Waals surface area contributed by atoms with Gasteiger partial charge < -0.3 is 9.80 Å². The lowest BCUT2D eigenvalue weighted by molar-refractivity contribution is 0.666. The molecule has 11 rings (SSSR count). The van der Waals surface area contributed by atoms with Gasteiger partial charge in [0.05, 0.1) is 16.8 Å². The highest BCUT2D eigenvalue weighted by Gasteiger charge is 2.48. The third-order valence-electron chi connectivity index (χ3n) is 16.4. The first-order chi connectivity index (χ1) is 34.8. The molecule has 8 aromatic carbocycles. The van der Waals surface area contributed by atoms with E-state index in [0.29, 0.717) is 0 Å². The predicted molar refractivity (Wildman–Crippen MR) is 303 cm³/mol. The minimum absolute atomic E-state index is 0.574. The van der Waals surface area contributed by atoms with Crippen LogP contribution in [0.4, 0.5) is 34.1 Å². The van der Waals surface area contributed by atoms with Crippen molar-refractivity contribution in [2.75, 3.05) is 9.80 Å². The second-order valence-corrected chi connectivity index (χ2v) is 21.3. The van der Waals surface area contributed by atoms with Crippen LogP contribution in [-0.4, -0.2) is 0 Å². The zero-order chi connectivity index (χ0) is 48.6. The molecule has 0 saturated carbocycles. The fourth-order valence-corrected chi connectivity index (χ4v) is 12.8. The van der Waals surface area contributed by atoms with Crippen molar-refractivity contribution in [1.29, 1.82) is 0 Å². The number of unbranched alkanes of at least 4 members (excludes halogenated alkanes) is 6. The smallest absolute Gasteiger partial charge is 0.0715 e. The third-order valence-corrected chi connectivity index (χ3v) is 16.4. The summed E-state index contributed by atoms with van der Waals surface area (Å²) in [4.78, 5) is 5.10. The molecule has 0 aliphatic heterocycles. The average Bonchev–Trinajstić information content (AvgIpc) is 3.64. The molecule has 3 aliphatic carbocycles. The number of para-hydroxylation sites is 2. The second kappa shape index (κ2) is 19.9. The van der Waals surface area contributed by atoms with Gasteiger partial charge in [-0.1, -0.05) is 162 Å². The van der Waals surface area contributed by atoms with E-state index in [0.717, 1.165) is 38.5 Å². The number of anilines is 6. The Morgan fingerprint density at radius 1 is 0.366 bits per heavy atom. The Kier molecular flexibility index (Phi) is 13.1. The maximum atomic E-state index is 2.58. The van der Waals surface area contributed by atoms with E-state index in [1.54, 1.807) is 0 Å². The van der Waals surface area contributed by atoms with Crippen molar-refractivity contribution >= 4 is 34.1 Å². The number of hydrogen-bond donors (Lipinski definition) is 0. The zero-order valence-corrected chi connectivity index (χ0v) is 43.3. The molecule has 2 heteroatoms. The quantitative estimate of drug-likeness (QED) is 0.0791. The number of rotatable bonds is 18. The lowest BCUT2D eigenvalue weighted by Gasteiger charge is -2.38. The second-order valence-electron chi connectivity index (χ2n) is 21.3. The summed E-state index contributed by atoms with van der Waals surface area (Å²) < 4.78 is 0. The molecule has 3 aliphatic rings. The normalized spacial score (nSPS) is 13.7. The molecule has 0 spiro atoms. The summed E-state index contributed by atoms with van der Waals surface area (Å²) in [7, 11) is 0. The summed E-state index contributed by atoms with van der Waals surface area (Å²) in [6.45, 7) is 13.9. The van der Waals surface area contributed by atoms with E-state index in [1.165, 1.54) is 175 Å². The molecular formula is C69H72N2. The van der Waals surface area contributed by atoms with Crippen LogP contribution in [0.3, 0.4) is 0 Å². The van der Waals surface area contributed by atoms with Crippen LogP contribution in [0.2, 0.25) is 0 Å². The first kappa shape index (κ1) is 46.7. The standard InChI is InChI=1S/C69H72N2/c1-7-9-11-15-21-51-39-47(3)67(48(4)40-51)70(59-23-17-13-18-24-59)61-35-37-63-64-38-36-62(71(60-25-19-14-20-26-60)68-49(5)41-52(42-50(68)6)22-16-12-10-8-2)46-66(64)69(65(63)45-61,57-33-31-53-27-29-55(53)43-57)58-34-32-54-28-30-56(54)44-58/h13-14,17-20,23-26,31-46H,7-12,15-16,21-22,27-30H2,1-6H3. The van der Waals surface area contributed by atoms with Gasteiger partial charge in [0.15, 0.2) is 0 Å². The largest absolute Gasteiger partial charge is 0.310 e.